The minimum atomic E-state index is -0.205. The Bertz CT molecular complexity index is 445. The van der Waals surface area contributed by atoms with E-state index in [-0.39, 0.29) is 6.09 Å². The van der Waals surface area contributed by atoms with Gasteiger partial charge in [-0.1, -0.05) is 13.3 Å². The number of piperazine rings is 1. The molecule has 0 aliphatic carbocycles. The van der Waals surface area contributed by atoms with Crippen LogP contribution >= 0.6 is 0 Å². The molecule has 1 amide bonds. The third kappa shape index (κ3) is 3.53. The summed E-state index contributed by atoms with van der Waals surface area (Å²) in [4.78, 5) is 18.9. The van der Waals surface area contributed by atoms with Crippen LogP contribution in [-0.2, 0) is 4.74 Å². The zero-order valence-electron chi connectivity index (χ0n) is 12.0. The first-order valence-electron chi connectivity index (χ1n) is 7.15. The molecule has 1 aliphatic heterocycles. The van der Waals surface area contributed by atoms with Crippen LogP contribution in [0.3, 0.4) is 0 Å². The summed E-state index contributed by atoms with van der Waals surface area (Å²) in [5, 5.41) is 0. The third-order valence-electron chi connectivity index (χ3n) is 3.44. The lowest BCUT2D eigenvalue weighted by molar-refractivity contribution is -0.363. The molecule has 6 nitrogen and oxygen atoms in total. The van der Waals surface area contributed by atoms with E-state index < -0.39 is 0 Å². The number of hydrogen-bond acceptors (Lipinski definition) is 4. The number of nitrogen functional groups attached to an aromatic ring is 1. The Morgan fingerprint density at radius 3 is 2.80 bits per heavy atom. The number of rotatable bonds is 4. The molecule has 1 fully saturated rings. The summed E-state index contributed by atoms with van der Waals surface area (Å²) in [6.07, 6.45) is 3.60. The number of amides is 1. The topological polar surface area (TPSA) is 72.9 Å². The SMILES string of the molecule is CCCCOC(=O)N1CCN(c2[nH+]cccc2N)CC1. The van der Waals surface area contributed by atoms with Gasteiger partial charge in [-0.3, -0.25) is 4.90 Å². The fraction of sp³-hybridized carbons (Fsp3) is 0.571. The molecule has 1 saturated heterocycles. The van der Waals surface area contributed by atoms with Gasteiger partial charge in [0.1, 0.15) is 18.8 Å². The molecule has 0 atom stereocenters. The molecule has 3 N–H and O–H groups in total. The number of nitrogens with two attached hydrogens (primary N) is 1. The van der Waals surface area contributed by atoms with Crippen molar-refractivity contribution < 1.29 is 14.5 Å². The highest BCUT2D eigenvalue weighted by Gasteiger charge is 2.28. The van der Waals surface area contributed by atoms with E-state index in [0.29, 0.717) is 19.7 Å². The van der Waals surface area contributed by atoms with E-state index in [4.69, 9.17) is 10.5 Å². The van der Waals surface area contributed by atoms with Crippen molar-refractivity contribution in [2.24, 2.45) is 0 Å². The molecule has 0 aromatic carbocycles. The van der Waals surface area contributed by atoms with Crippen LogP contribution in [0.4, 0.5) is 16.3 Å². The molecule has 0 bridgehead atoms. The molecule has 0 unspecified atom stereocenters. The maximum Gasteiger partial charge on any atom is 0.410 e. The first-order valence-corrected chi connectivity index (χ1v) is 7.15. The van der Waals surface area contributed by atoms with Gasteiger partial charge in [-0.15, -0.1) is 0 Å². The zero-order valence-corrected chi connectivity index (χ0v) is 12.0. The molecular weight excluding hydrogens is 256 g/mol. The fourth-order valence-corrected chi connectivity index (χ4v) is 2.22. The lowest BCUT2D eigenvalue weighted by Crippen LogP contribution is -2.50. The second kappa shape index (κ2) is 6.98. The smallest absolute Gasteiger partial charge is 0.410 e. The first-order chi connectivity index (χ1) is 9.72. The van der Waals surface area contributed by atoms with Gasteiger partial charge in [0.05, 0.1) is 25.9 Å². The number of nitrogens with one attached hydrogen (secondary N) is 1. The van der Waals surface area contributed by atoms with Crippen LogP contribution in [0.2, 0.25) is 0 Å². The average molecular weight is 279 g/mol. The molecular formula is C14H23N4O2+. The quantitative estimate of drug-likeness (QED) is 0.839. The Balaban J connectivity index is 1.83. The molecule has 0 saturated carbocycles. The van der Waals surface area contributed by atoms with Crippen LogP contribution < -0.4 is 15.6 Å². The van der Waals surface area contributed by atoms with Gasteiger partial charge in [-0.05, 0) is 18.6 Å². The van der Waals surface area contributed by atoms with Gasteiger partial charge < -0.3 is 15.4 Å². The molecule has 20 heavy (non-hydrogen) atoms. The van der Waals surface area contributed by atoms with E-state index in [2.05, 4.69) is 16.8 Å². The highest BCUT2D eigenvalue weighted by molar-refractivity contribution is 5.68. The van der Waals surface area contributed by atoms with Crippen LogP contribution in [0.5, 0.6) is 0 Å². The van der Waals surface area contributed by atoms with E-state index in [1.54, 1.807) is 4.90 Å². The van der Waals surface area contributed by atoms with Gasteiger partial charge in [0.15, 0.2) is 0 Å². The van der Waals surface area contributed by atoms with Crippen molar-refractivity contribution in [1.82, 2.24) is 4.90 Å². The van der Waals surface area contributed by atoms with Crippen molar-refractivity contribution >= 4 is 17.6 Å². The Hall–Kier alpha value is -1.98. The Kier molecular flexibility index (Phi) is 5.03. The summed E-state index contributed by atoms with van der Waals surface area (Å²) in [5.41, 5.74) is 6.68. The van der Waals surface area contributed by atoms with Crippen LogP contribution in [0.1, 0.15) is 19.8 Å². The van der Waals surface area contributed by atoms with Crippen molar-refractivity contribution in [3.8, 4) is 0 Å². The van der Waals surface area contributed by atoms with Crippen molar-refractivity contribution in [2.75, 3.05) is 43.4 Å². The van der Waals surface area contributed by atoms with Crippen molar-refractivity contribution in [1.29, 1.82) is 0 Å². The maximum absolute atomic E-state index is 11.8. The normalized spacial score (nSPS) is 15.2. The highest BCUT2D eigenvalue weighted by atomic mass is 16.6. The average Bonchev–Trinajstić information content (AvgIpc) is 2.48. The van der Waals surface area contributed by atoms with E-state index in [0.717, 1.165) is 37.4 Å². The number of aromatic nitrogens is 1. The number of nitrogens with zero attached hydrogens (tertiary/aromatic N) is 2. The third-order valence-corrected chi connectivity index (χ3v) is 3.44. The molecule has 1 aromatic heterocycles. The summed E-state index contributed by atoms with van der Waals surface area (Å²) >= 11 is 0. The zero-order chi connectivity index (χ0) is 14.4. The summed E-state index contributed by atoms with van der Waals surface area (Å²) in [6.45, 7) is 5.42. The van der Waals surface area contributed by atoms with Gasteiger partial charge in [0.2, 0.25) is 0 Å². The van der Waals surface area contributed by atoms with E-state index in [9.17, 15) is 4.79 Å². The van der Waals surface area contributed by atoms with Crippen LogP contribution in [0.25, 0.3) is 0 Å². The van der Waals surface area contributed by atoms with E-state index in [1.165, 1.54) is 0 Å². The van der Waals surface area contributed by atoms with E-state index in [1.807, 2.05) is 18.3 Å². The van der Waals surface area contributed by atoms with Crippen molar-refractivity contribution in [3.63, 3.8) is 0 Å². The lowest BCUT2D eigenvalue weighted by atomic mass is 10.3. The highest BCUT2D eigenvalue weighted by Crippen LogP contribution is 2.17. The Morgan fingerprint density at radius 2 is 2.15 bits per heavy atom. The Morgan fingerprint density at radius 1 is 1.40 bits per heavy atom. The van der Waals surface area contributed by atoms with Crippen LogP contribution in [-0.4, -0.2) is 43.8 Å². The number of hydrogen-bond donors (Lipinski definition) is 1. The molecule has 6 heteroatoms. The van der Waals surface area contributed by atoms with Gasteiger partial charge in [0.25, 0.3) is 5.82 Å². The Labute approximate surface area is 119 Å². The largest absolute Gasteiger partial charge is 0.449 e. The van der Waals surface area contributed by atoms with Crippen LogP contribution in [0, 0.1) is 0 Å². The number of pyridine rings is 1. The second-order valence-electron chi connectivity index (χ2n) is 4.92. The minimum absolute atomic E-state index is 0.205. The van der Waals surface area contributed by atoms with Crippen molar-refractivity contribution in [2.45, 2.75) is 19.8 Å². The molecule has 0 spiro atoms. The monoisotopic (exact) mass is 279 g/mol. The number of anilines is 2. The number of unbranched alkanes of at least 4 members (excludes halogenated alkanes) is 1. The predicted octanol–water partition coefficient (Wildman–Crippen LogP) is 1.14. The lowest BCUT2D eigenvalue weighted by Gasteiger charge is -2.30. The fourth-order valence-electron chi connectivity index (χ4n) is 2.22. The summed E-state index contributed by atoms with van der Waals surface area (Å²) in [7, 11) is 0. The standard InChI is InChI=1S/C14H22N4O2/c1-2-3-11-20-14(19)18-9-7-17(8-10-18)13-12(15)5-4-6-16-13/h4-6H,2-3,7-11,15H2,1H3/p+1. The van der Waals surface area contributed by atoms with Gasteiger partial charge in [-0.25, -0.2) is 9.78 Å². The number of H-pyrrole nitrogens is 1. The predicted molar refractivity (Wildman–Crippen MR) is 77.5 cm³/mol. The molecule has 110 valence electrons. The number of aromatic amines is 1. The van der Waals surface area contributed by atoms with E-state index >= 15 is 0 Å². The summed E-state index contributed by atoms with van der Waals surface area (Å²) in [5.74, 6) is 0.923. The molecule has 0 radical (unpaired) electrons. The minimum Gasteiger partial charge on any atom is -0.449 e. The van der Waals surface area contributed by atoms with Gasteiger partial charge in [-0.2, -0.15) is 0 Å². The number of carbonyl (C=O) groups is 1. The molecule has 1 aliphatic rings. The maximum atomic E-state index is 11.8. The van der Waals surface area contributed by atoms with Gasteiger partial charge >= 0.3 is 6.09 Å². The number of carbonyl (C=O) groups excluding carboxylic acids is 1. The molecule has 2 rings (SSSR count). The van der Waals surface area contributed by atoms with Crippen molar-refractivity contribution in [3.05, 3.63) is 18.3 Å². The number of ether oxygens (including phenoxy) is 1. The molecule has 2 heterocycles. The summed E-state index contributed by atoms with van der Waals surface area (Å²) in [6, 6.07) is 3.75. The van der Waals surface area contributed by atoms with Crippen LogP contribution in [0.15, 0.2) is 18.3 Å². The first kappa shape index (κ1) is 14.4. The summed E-state index contributed by atoms with van der Waals surface area (Å²) < 4.78 is 5.22. The second-order valence-corrected chi connectivity index (χ2v) is 4.92. The molecule has 1 aromatic rings. The van der Waals surface area contributed by atoms with Gasteiger partial charge in [0, 0.05) is 0 Å².